The topological polar surface area (TPSA) is 68.9 Å². The van der Waals surface area contributed by atoms with Gasteiger partial charge in [0, 0.05) is 5.56 Å². The van der Waals surface area contributed by atoms with Gasteiger partial charge in [-0.05, 0) is 36.4 Å². The number of nitrogens with one attached hydrogen (secondary N) is 1. The predicted octanol–water partition coefficient (Wildman–Crippen LogP) is 4.32. The SMILES string of the molecule is Cc1ccc(/C=C2/C(=N)N3N=C(c4ccccc4Cl)SC3=NC2=O)cc1. The molecule has 128 valence electrons. The summed E-state index contributed by atoms with van der Waals surface area (Å²) in [6.45, 7) is 1.99. The second kappa shape index (κ2) is 6.55. The van der Waals surface area contributed by atoms with Gasteiger partial charge in [-0.2, -0.15) is 15.1 Å². The van der Waals surface area contributed by atoms with E-state index in [1.807, 2.05) is 49.4 Å². The van der Waals surface area contributed by atoms with Crippen molar-refractivity contribution in [2.24, 2.45) is 10.1 Å². The van der Waals surface area contributed by atoms with Crippen molar-refractivity contribution in [3.63, 3.8) is 0 Å². The summed E-state index contributed by atoms with van der Waals surface area (Å²) in [4.78, 5) is 16.5. The molecule has 0 radical (unpaired) electrons. The number of hydrogen-bond acceptors (Lipinski definition) is 4. The fourth-order valence-corrected chi connectivity index (χ4v) is 3.78. The molecule has 2 aliphatic heterocycles. The van der Waals surface area contributed by atoms with Gasteiger partial charge in [0.1, 0.15) is 5.04 Å². The fraction of sp³-hybridized carbons (Fsp3) is 0.0526. The molecule has 0 unspecified atom stereocenters. The predicted molar refractivity (Wildman–Crippen MR) is 107 cm³/mol. The van der Waals surface area contributed by atoms with Crippen LogP contribution in [0.2, 0.25) is 5.02 Å². The maximum absolute atomic E-state index is 12.4. The maximum Gasteiger partial charge on any atom is 0.283 e. The lowest BCUT2D eigenvalue weighted by molar-refractivity contribution is -0.114. The molecule has 0 aliphatic carbocycles. The fourth-order valence-electron chi connectivity index (χ4n) is 2.56. The maximum atomic E-state index is 12.4. The Kier molecular flexibility index (Phi) is 4.22. The van der Waals surface area contributed by atoms with Gasteiger partial charge in [-0.3, -0.25) is 10.2 Å². The molecule has 0 aromatic heterocycles. The molecule has 0 bridgehead atoms. The zero-order chi connectivity index (χ0) is 18.3. The Hall–Kier alpha value is -2.70. The number of fused-ring (bicyclic) bond motifs is 1. The van der Waals surface area contributed by atoms with Crippen molar-refractivity contribution in [1.29, 1.82) is 5.41 Å². The van der Waals surface area contributed by atoms with E-state index < -0.39 is 5.91 Å². The molecule has 0 spiro atoms. The van der Waals surface area contributed by atoms with Gasteiger partial charge >= 0.3 is 0 Å². The van der Waals surface area contributed by atoms with Crippen molar-refractivity contribution in [2.75, 3.05) is 0 Å². The summed E-state index contributed by atoms with van der Waals surface area (Å²) in [5.74, 6) is -0.430. The molecular formula is C19H13ClN4OS. The lowest BCUT2D eigenvalue weighted by atomic mass is 10.1. The van der Waals surface area contributed by atoms with E-state index in [0.717, 1.165) is 16.7 Å². The first-order valence-corrected chi connectivity index (χ1v) is 9.04. The quantitative estimate of drug-likeness (QED) is 0.789. The van der Waals surface area contributed by atoms with Crippen LogP contribution in [0.25, 0.3) is 6.08 Å². The molecule has 0 atom stereocenters. The molecular weight excluding hydrogens is 368 g/mol. The summed E-state index contributed by atoms with van der Waals surface area (Å²) in [7, 11) is 0. The van der Waals surface area contributed by atoms with Gasteiger partial charge in [-0.25, -0.2) is 0 Å². The van der Waals surface area contributed by atoms with Crippen molar-refractivity contribution in [1.82, 2.24) is 5.01 Å². The summed E-state index contributed by atoms with van der Waals surface area (Å²) >= 11 is 7.46. The monoisotopic (exact) mass is 380 g/mol. The van der Waals surface area contributed by atoms with E-state index in [1.165, 1.54) is 16.8 Å². The van der Waals surface area contributed by atoms with E-state index >= 15 is 0 Å². The van der Waals surface area contributed by atoms with Crippen LogP contribution in [-0.2, 0) is 4.79 Å². The third-order valence-electron chi connectivity index (χ3n) is 3.95. The minimum absolute atomic E-state index is 0.00938. The third kappa shape index (κ3) is 2.98. The molecule has 2 heterocycles. The number of rotatable bonds is 2. The Bertz CT molecular complexity index is 1020. The number of amides is 1. The summed E-state index contributed by atoms with van der Waals surface area (Å²) in [6.07, 6.45) is 1.66. The van der Waals surface area contributed by atoms with E-state index in [9.17, 15) is 4.79 Å². The lowest BCUT2D eigenvalue weighted by Crippen LogP contribution is -2.35. The Morgan fingerprint density at radius 1 is 1.15 bits per heavy atom. The molecule has 0 fully saturated rings. The second-order valence-electron chi connectivity index (χ2n) is 5.82. The number of benzene rings is 2. The van der Waals surface area contributed by atoms with Gasteiger partial charge in [0.15, 0.2) is 5.84 Å². The first-order valence-electron chi connectivity index (χ1n) is 7.85. The van der Waals surface area contributed by atoms with Crippen LogP contribution < -0.4 is 0 Å². The molecule has 1 N–H and O–H groups in total. The van der Waals surface area contributed by atoms with Crippen LogP contribution in [-0.4, -0.2) is 27.0 Å². The van der Waals surface area contributed by atoms with Gasteiger partial charge < -0.3 is 0 Å². The van der Waals surface area contributed by atoms with Crippen LogP contribution in [0, 0.1) is 12.3 Å². The molecule has 1 amide bonds. The Labute approximate surface area is 159 Å². The number of carbonyl (C=O) groups is 1. The summed E-state index contributed by atoms with van der Waals surface area (Å²) in [5.41, 5.74) is 2.93. The number of thioether (sulfide) groups is 1. The van der Waals surface area contributed by atoms with Crippen molar-refractivity contribution in [2.45, 2.75) is 6.92 Å². The highest BCUT2D eigenvalue weighted by Crippen LogP contribution is 2.32. The Balaban J connectivity index is 1.70. The van der Waals surface area contributed by atoms with Crippen LogP contribution >= 0.6 is 23.4 Å². The molecule has 2 aromatic rings. The average Bonchev–Trinajstić information content (AvgIpc) is 3.04. The van der Waals surface area contributed by atoms with Gasteiger partial charge in [0.25, 0.3) is 5.91 Å². The molecule has 7 heteroatoms. The van der Waals surface area contributed by atoms with Crippen molar-refractivity contribution in [3.05, 3.63) is 75.8 Å². The normalized spacial score (nSPS) is 18.1. The van der Waals surface area contributed by atoms with Gasteiger partial charge in [-0.15, -0.1) is 0 Å². The number of aryl methyl sites for hydroxylation is 1. The van der Waals surface area contributed by atoms with E-state index in [4.69, 9.17) is 17.0 Å². The molecule has 2 aliphatic rings. The van der Waals surface area contributed by atoms with E-state index in [0.29, 0.717) is 15.2 Å². The summed E-state index contributed by atoms with van der Waals surface area (Å²) < 4.78 is 0. The number of hydrogen-bond donors (Lipinski definition) is 1. The van der Waals surface area contributed by atoms with Crippen molar-refractivity contribution < 1.29 is 4.79 Å². The highest BCUT2D eigenvalue weighted by Gasteiger charge is 2.36. The van der Waals surface area contributed by atoms with Crippen molar-refractivity contribution in [3.8, 4) is 0 Å². The third-order valence-corrected chi connectivity index (χ3v) is 5.22. The number of hydrazone groups is 1. The first kappa shape index (κ1) is 16.8. The number of amidine groups is 2. The van der Waals surface area contributed by atoms with Crippen LogP contribution in [0.1, 0.15) is 16.7 Å². The van der Waals surface area contributed by atoms with Gasteiger partial charge in [0.05, 0.1) is 10.6 Å². The Morgan fingerprint density at radius 2 is 1.88 bits per heavy atom. The van der Waals surface area contributed by atoms with Crippen LogP contribution in [0.3, 0.4) is 0 Å². The smallest absolute Gasteiger partial charge is 0.282 e. The molecule has 5 nitrogen and oxygen atoms in total. The molecule has 26 heavy (non-hydrogen) atoms. The zero-order valence-electron chi connectivity index (χ0n) is 13.7. The van der Waals surface area contributed by atoms with E-state index in [-0.39, 0.29) is 11.4 Å². The zero-order valence-corrected chi connectivity index (χ0v) is 15.3. The molecule has 4 rings (SSSR count). The van der Waals surface area contributed by atoms with Gasteiger partial charge in [0.2, 0.25) is 5.17 Å². The average molecular weight is 381 g/mol. The highest BCUT2D eigenvalue weighted by atomic mass is 35.5. The molecule has 0 saturated heterocycles. The lowest BCUT2D eigenvalue weighted by Gasteiger charge is -2.20. The molecule has 0 saturated carbocycles. The summed E-state index contributed by atoms with van der Waals surface area (Å²) in [6, 6.07) is 15.0. The van der Waals surface area contributed by atoms with Crippen LogP contribution in [0.4, 0.5) is 0 Å². The van der Waals surface area contributed by atoms with Gasteiger partial charge in [-0.1, -0.05) is 59.6 Å². The summed E-state index contributed by atoms with van der Waals surface area (Å²) in [5, 5.41) is 15.8. The minimum atomic E-state index is -0.440. The number of carbonyl (C=O) groups excluding carboxylic acids is 1. The van der Waals surface area contributed by atoms with Crippen LogP contribution in [0.15, 0.2) is 64.2 Å². The standard InChI is InChI=1S/C19H13ClN4OS/c1-11-6-8-12(9-7-11)10-14-16(21)24-19(22-17(14)25)26-18(23-24)13-4-2-3-5-15(13)20/h2-10,21H,1H3/b14-10-,21-16?. The first-order chi connectivity index (χ1) is 12.5. The Morgan fingerprint density at radius 3 is 2.62 bits per heavy atom. The van der Waals surface area contributed by atoms with Crippen molar-refractivity contribution >= 4 is 51.4 Å². The van der Waals surface area contributed by atoms with E-state index in [2.05, 4.69) is 10.1 Å². The number of nitrogens with zero attached hydrogens (tertiary/aromatic N) is 3. The largest absolute Gasteiger partial charge is 0.283 e. The van der Waals surface area contributed by atoms with Crippen LogP contribution in [0.5, 0.6) is 0 Å². The minimum Gasteiger partial charge on any atom is -0.282 e. The van der Waals surface area contributed by atoms with E-state index in [1.54, 1.807) is 12.1 Å². The second-order valence-corrected chi connectivity index (χ2v) is 7.18. The highest BCUT2D eigenvalue weighted by molar-refractivity contribution is 8.27. The molecule has 2 aromatic carbocycles. The number of halogens is 1. The number of aliphatic imine (C=N–C) groups is 1.